The molecule has 1 N–H and O–H groups in total. The van der Waals surface area contributed by atoms with E-state index in [1.54, 1.807) is 4.31 Å². The van der Waals surface area contributed by atoms with Gasteiger partial charge in [0, 0.05) is 37.9 Å². The van der Waals surface area contributed by atoms with Gasteiger partial charge >= 0.3 is 0 Å². The lowest BCUT2D eigenvalue weighted by molar-refractivity contribution is 0.243. The van der Waals surface area contributed by atoms with Gasteiger partial charge in [-0.2, -0.15) is 17.4 Å². The predicted molar refractivity (Wildman–Crippen MR) is 96.3 cm³/mol. The van der Waals surface area contributed by atoms with Crippen LogP contribution in [-0.2, 0) is 10.2 Å². The first-order valence-electron chi connectivity index (χ1n) is 9.10. The third-order valence-electron chi connectivity index (χ3n) is 5.93. The molecule has 1 unspecified atom stereocenters. The van der Waals surface area contributed by atoms with E-state index in [1.165, 1.54) is 24.1 Å². The number of rotatable bonds is 4. The molecule has 3 fully saturated rings. The van der Waals surface area contributed by atoms with E-state index in [0.29, 0.717) is 24.9 Å². The van der Waals surface area contributed by atoms with Gasteiger partial charge in [0.25, 0.3) is 10.2 Å². The topological polar surface area (TPSA) is 52.7 Å². The molecule has 24 heavy (non-hydrogen) atoms. The maximum atomic E-state index is 12.7. The zero-order valence-corrected chi connectivity index (χ0v) is 15.1. The highest BCUT2D eigenvalue weighted by Crippen LogP contribution is 2.41. The normalized spacial score (nSPS) is 30.9. The number of hydrogen-bond acceptors (Lipinski definition) is 3. The molecule has 5 nitrogen and oxygen atoms in total. The molecule has 1 saturated carbocycles. The molecule has 1 aromatic rings. The first-order valence-corrected chi connectivity index (χ1v) is 10.5. The molecule has 0 bridgehead atoms. The molecule has 3 atom stereocenters. The highest BCUT2D eigenvalue weighted by molar-refractivity contribution is 7.87. The Hall–Kier alpha value is -1.11. The number of hydrogen-bond donors (Lipinski definition) is 1. The SMILES string of the molecule is Cc1ccc(N2CCCC(NS(=O)(=O)N3C[C@H]4CC[C@H]4C3)C2)cc1. The van der Waals surface area contributed by atoms with Crippen LogP contribution in [0.1, 0.15) is 31.2 Å². The average Bonchev–Trinajstić information content (AvgIpc) is 2.83. The van der Waals surface area contributed by atoms with E-state index in [0.717, 1.165) is 25.9 Å². The van der Waals surface area contributed by atoms with Crippen molar-refractivity contribution in [2.75, 3.05) is 31.1 Å². The Balaban J connectivity index is 1.40. The minimum atomic E-state index is -3.34. The molecule has 2 heterocycles. The van der Waals surface area contributed by atoms with E-state index in [2.05, 4.69) is 40.8 Å². The van der Waals surface area contributed by atoms with Gasteiger partial charge in [0.05, 0.1) is 0 Å². The second-order valence-electron chi connectivity index (χ2n) is 7.66. The van der Waals surface area contributed by atoms with E-state index in [4.69, 9.17) is 0 Å². The van der Waals surface area contributed by atoms with Crippen molar-refractivity contribution in [3.05, 3.63) is 29.8 Å². The third-order valence-corrected chi connectivity index (χ3v) is 7.54. The van der Waals surface area contributed by atoms with E-state index in [9.17, 15) is 8.42 Å². The fraction of sp³-hybridized carbons (Fsp3) is 0.667. The Morgan fingerprint density at radius 1 is 1.00 bits per heavy atom. The lowest BCUT2D eigenvalue weighted by Crippen LogP contribution is -2.51. The van der Waals surface area contributed by atoms with Gasteiger partial charge in [-0.05, 0) is 56.6 Å². The Morgan fingerprint density at radius 3 is 2.29 bits per heavy atom. The lowest BCUT2D eigenvalue weighted by atomic mass is 9.77. The van der Waals surface area contributed by atoms with Crippen molar-refractivity contribution in [2.45, 2.75) is 38.6 Å². The monoisotopic (exact) mass is 349 g/mol. The molecule has 132 valence electrons. The van der Waals surface area contributed by atoms with Crippen LogP contribution >= 0.6 is 0 Å². The molecule has 1 aromatic carbocycles. The molecule has 1 aliphatic carbocycles. The summed E-state index contributed by atoms with van der Waals surface area (Å²) in [7, 11) is -3.34. The third kappa shape index (κ3) is 3.19. The van der Waals surface area contributed by atoms with Crippen LogP contribution in [0.3, 0.4) is 0 Å². The first-order chi connectivity index (χ1) is 11.5. The first kappa shape index (κ1) is 16.4. The van der Waals surface area contributed by atoms with Crippen molar-refractivity contribution in [1.29, 1.82) is 0 Å². The van der Waals surface area contributed by atoms with Crippen LogP contribution in [0.4, 0.5) is 5.69 Å². The van der Waals surface area contributed by atoms with Crippen LogP contribution in [0.5, 0.6) is 0 Å². The summed E-state index contributed by atoms with van der Waals surface area (Å²) in [6.45, 7) is 5.26. The fourth-order valence-electron chi connectivity index (χ4n) is 4.26. The zero-order chi connectivity index (χ0) is 16.7. The second kappa shape index (κ2) is 6.32. The summed E-state index contributed by atoms with van der Waals surface area (Å²) in [6.07, 6.45) is 4.33. The van der Waals surface area contributed by atoms with Crippen LogP contribution in [-0.4, -0.2) is 44.9 Å². The van der Waals surface area contributed by atoms with Gasteiger partial charge in [0.1, 0.15) is 0 Å². The predicted octanol–water partition coefficient (Wildman–Crippen LogP) is 2.14. The minimum absolute atomic E-state index is 0.00306. The van der Waals surface area contributed by atoms with Crippen LogP contribution in [0.15, 0.2) is 24.3 Å². The van der Waals surface area contributed by atoms with Crippen LogP contribution < -0.4 is 9.62 Å². The Kier molecular flexibility index (Phi) is 4.31. The smallest absolute Gasteiger partial charge is 0.279 e. The summed E-state index contributed by atoms with van der Waals surface area (Å²) in [5.41, 5.74) is 2.43. The number of nitrogens with one attached hydrogen (secondary N) is 1. The number of benzene rings is 1. The Bertz CT molecular complexity index is 677. The standard InChI is InChI=1S/C18H27N3O2S/c1-14-4-8-18(9-5-14)20-10-2-3-17(13-20)19-24(22,23)21-11-15-6-7-16(15)12-21/h4-5,8-9,15-17,19H,2-3,6-7,10-13H2,1H3/t15-,16+,17?. The summed E-state index contributed by atoms with van der Waals surface area (Å²) in [5.74, 6) is 1.22. The zero-order valence-electron chi connectivity index (χ0n) is 14.3. The van der Waals surface area contributed by atoms with E-state index < -0.39 is 10.2 Å². The maximum absolute atomic E-state index is 12.7. The number of aryl methyl sites for hydroxylation is 1. The highest BCUT2D eigenvalue weighted by Gasteiger charge is 2.44. The number of anilines is 1. The number of piperidine rings is 1. The van der Waals surface area contributed by atoms with Crippen molar-refractivity contribution >= 4 is 15.9 Å². The lowest BCUT2D eigenvalue weighted by Gasteiger charge is -2.35. The molecular formula is C18H27N3O2S. The van der Waals surface area contributed by atoms with Crippen molar-refractivity contribution in [3.8, 4) is 0 Å². The molecule has 0 aromatic heterocycles. The van der Waals surface area contributed by atoms with Crippen LogP contribution in [0.25, 0.3) is 0 Å². The van der Waals surface area contributed by atoms with Gasteiger partial charge in [-0.25, -0.2) is 0 Å². The second-order valence-corrected chi connectivity index (χ2v) is 9.36. The van der Waals surface area contributed by atoms with Crippen LogP contribution in [0.2, 0.25) is 0 Å². The Morgan fingerprint density at radius 2 is 1.67 bits per heavy atom. The van der Waals surface area contributed by atoms with E-state index >= 15 is 0 Å². The molecule has 3 aliphatic rings. The fourth-order valence-corrected chi connectivity index (χ4v) is 5.80. The van der Waals surface area contributed by atoms with E-state index in [-0.39, 0.29) is 6.04 Å². The van der Waals surface area contributed by atoms with Gasteiger partial charge in [0.2, 0.25) is 0 Å². The summed E-state index contributed by atoms with van der Waals surface area (Å²) >= 11 is 0. The average molecular weight is 350 g/mol. The molecule has 2 saturated heterocycles. The molecule has 0 amide bonds. The van der Waals surface area contributed by atoms with Gasteiger partial charge in [-0.15, -0.1) is 0 Å². The molecule has 6 heteroatoms. The summed E-state index contributed by atoms with van der Waals surface area (Å²) in [4.78, 5) is 2.30. The van der Waals surface area contributed by atoms with Crippen LogP contribution in [0, 0.1) is 18.8 Å². The molecular weight excluding hydrogens is 322 g/mol. The molecule has 0 spiro atoms. The van der Waals surface area contributed by atoms with Gasteiger partial charge in [-0.3, -0.25) is 0 Å². The Labute approximate surface area is 145 Å². The van der Waals surface area contributed by atoms with E-state index in [1.807, 2.05) is 0 Å². The van der Waals surface area contributed by atoms with Gasteiger partial charge < -0.3 is 4.90 Å². The van der Waals surface area contributed by atoms with Crippen molar-refractivity contribution in [2.24, 2.45) is 11.8 Å². The molecule has 4 rings (SSSR count). The molecule has 2 aliphatic heterocycles. The molecule has 0 radical (unpaired) electrons. The number of nitrogens with zero attached hydrogens (tertiary/aromatic N) is 2. The summed E-state index contributed by atoms with van der Waals surface area (Å²) in [5, 5.41) is 0. The van der Waals surface area contributed by atoms with Gasteiger partial charge in [-0.1, -0.05) is 17.7 Å². The van der Waals surface area contributed by atoms with Crippen molar-refractivity contribution in [1.82, 2.24) is 9.03 Å². The maximum Gasteiger partial charge on any atom is 0.279 e. The summed E-state index contributed by atoms with van der Waals surface area (Å²) < 4.78 is 30.1. The van der Waals surface area contributed by atoms with Gasteiger partial charge in [0.15, 0.2) is 0 Å². The largest absolute Gasteiger partial charge is 0.370 e. The van der Waals surface area contributed by atoms with Crippen molar-refractivity contribution < 1.29 is 8.42 Å². The number of fused-ring (bicyclic) bond motifs is 1. The minimum Gasteiger partial charge on any atom is -0.370 e. The highest BCUT2D eigenvalue weighted by atomic mass is 32.2. The summed E-state index contributed by atoms with van der Waals surface area (Å²) in [6, 6.07) is 8.49. The quantitative estimate of drug-likeness (QED) is 0.906. The van der Waals surface area contributed by atoms with Crippen molar-refractivity contribution in [3.63, 3.8) is 0 Å².